The van der Waals surface area contributed by atoms with E-state index in [9.17, 15) is 4.79 Å². The minimum absolute atomic E-state index is 0.219. The molecule has 0 aromatic rings. The van der Waals surface area contributed by atoms with Crippen molar-refractivity contribution in [2.24, 2.45) is 0 Å². The molecule has 0 aliphatic rings. The third kappa shape index (κ3) is 4.18. The smallest absolute Gasteiger partial charge is 0.132 e. The Bertz CT molecular complexity index is 54.8. The van der Waals surface area contributed by atoms with Crippen molar-refractivity contribution in [3.8, 4) is 0 Å². The van der Waals surface area contributed by atoms with Crippen LogP contribution in [0.4, 0.5) is 0 Å². The fourth-order valence-electron chi connectivity index (χ4n) is 0.133. The summed E-state index contributed by atoms with van der Waals surface area (Å²) in [6, 6.07) is 0.640. The minimum Gasteiger partial charge on any atom is -0.300 e. The number of Topliss-reactive ketones (excluding diaryl/α,β-unsaturated/α-hetero) is 1. The van der Waals surface area contributed by atoms with Crippen LogP contribution in [0.3, 0.4) is 0 Å². The molecule has 0 fully saturated rings. The van der Waals surface area contributed by atoms with Gasteiger partial charge in [-0.25, -0.2) is 0 Å². The molecular weight excluding hydrogens is 116 g/mol. The van der Waals surface area contributed by atoms with E-state index < -0.39 is 8.83 Å². The average Bonchev–Trinajstić information content (AvgIpc) is 1.35. The van der Waals surface area contributed by atoms with Crippen molar-refractivity contribution in [2.45, 2.75) is 13.0 Å². The molecule has 0 aliphatic carbocycles. The summed E-state index contributed by atoms with van der Waals surface area (Å²) in [4.78, 5) is 9.99. The van der Waals surface area contributed by atoms with Crippen LogP contribution < -0.4 is 0 Å². The number of carbonyl (C=O) groups excluding carboxylic acids is 1. The summed E-state index contributed by atoms with van der Waals surface area (Å²) < 4.78 is 0. The van der Waals surface area contributed by atoms with Gasteiger partial charge in [-0.3, -0.25) is 0 Å². The highest BCUT2D eigenvalue weighted by atomic mass is 35.6. The molecule has 6 heavy (non-hydrogen) atoms. The Morgan fingerprint density at radius 3 is 2.50 bits per heavy atom. The van der Waals surface area contributed by atoms with Crippen LogP contribution in [-0.4, -0.2) is 14.6 Å². The van der Waals surface area contributed by atoms with Crippen LogP contribution in [-0.2, 0) is 4.79 Å². The maximum Gasteiger partial charge on any atom is 0.132 e. The zero-order chi connectivity index (χ0) is 4.99. The van der Waals surface area contributed by atoms with Crippen molar-refractivity contribution in [3.05, 3.63) is 0 Å². The second-order valence-electron chi connectivity index (χ2n) is 1.14. The average molecular weight is 123 g/mol. The Labute approximate surface area is 44.2 Å². The summed E-state index contributed by atoms with van der Waals surface area (Å²) in [7, 11) is -0.511. The van der Waals surface area contributed by atoms with Gasteiger partial charge in [0.2, 0.25) is 0 Å². The summed E-state index contributed by atoms with van der Waals surface area (Å²) in [5.74, 6) is 0.219. The molecule has 0 N–H and O–H groups in total. The molecule has 0 heterocycles. The van der Waals surface area contributed by atoms with Crippen LogP contribution in [0.25, 0.3) is 0 Å². The fraction of sp³-hybridized carbons (Fsp3) is 0.667. The van der Waals surface area contributed by atoms with Crippen molar-refractivity contribution in [1.29, 1.82) is 0 Å². The van der Waals surface area contributed by atoms with Gasteiger partial charge in [0, 0.05) is 6.04 Å². The van der Waals surface area contributed by atoms with E-state index in [0.29, 0.717) is 6.04 Å². The molecule has 0 bridgehead atoms. The molecule has 0 aliphatic heterocycles. The molecule has 1 nitrogen and oxygen atoms in total. The molecule has 3 heteroatoms. The van der Waals surface area contributed by atoms with Gasteiger partial charge in [-0.15, -0.1) is 0 Å². The first-order valence-corrected chi connectivity index (χ1v) is 4.96. The molecule has 0 spiro atoms. The van der Waals surface area contributed by atoms with Crippen LogP contribution in [0.5, 0.6) is 0 Å². The Morgan fingerprint density at radius 1 is 2.00 bits per heavy atom. The van der Waals surface area contributed by atoms with Crippen molar-refractivity contribution in [1.82, 2.24) is 0 Å². The van der Waals surface area contributed by atoms with Gasteiger partial charge in [0.05, 0.1) is 0 Å². The number of ketones is 1. The van der Waals surface area contributed by atoms with Crippen molar-refractivity contribution < 1.29 is 4.79 Å². The van der Waals surface area contributed by atoms with E-state index in [2.05, 4.69) is 0 Å². The first-order valence-electron chi connectivity index (χ1n) is 1.82. The van der Waals surface area contributed by atoms with E-state index >= 15 is 0 Å². The monoisotopic (exact) mass is 122 g/mol. The standard InChI is InChI=1S/C3H7ClOSi/c1-3(5)2-6-4/h2,6H2,1H3. The molecule has 0 atom stereocenters. The highest BCUT2D eigenvalue weighted by Crippen LogP contribution is 1.81. The zero-order valence-corrected chi connectivity index (χ0v) is 5.87. The number of halogens is 1. The quantitative estimate of drug-likeness (QED) is 0.381. The third-order valence-electron chi connectivity index (χ3n) is 0.447. The summed E-state index contributed by atoms with van der Waals surface area (Å²) in [5.41, 5.74) is 0. The summed E-state index contributed by atoms with van der Waals surface area (Å²) in [6.07, 6.45) is 0. The highest BCUT2D eigenvalue weighted by Gasteiger charge is 1.86. The maximum absolute atomic E-state index is 9.99. The van der Waals surface area contributed by atoms with Gasteiger partial charge in [-0.05, 0) is 6.92 Å². The van der Waals surface area contributed by atoms with E-state index in [4.69, 9.17) is 11.1 Å². The molecule has 0 aromatic heterocycles. The Balaban J connectivity index is 2.83. The largest absolute Gasteiger partial charge is 0.300 e. The van der Waals surface area contributed by atoms with Gasteiger partial charge in [0.15, 0.2) is 0 Å². The van der Waals surface area contributed by atoms with Crippen LogP contribution in [0.15, 0.2) is 0 Å². The van der Waals surface area contributed by atoms with Gasteiger partial charge >= 0.3 is 0 Å². The first-order chi connectivity index (χ1) is 2.77. The number of hydrogen-bond acceptors (Lipinski definition) is 1. The third-order valence-corrected chi connectivity index (χ3v) is 1.91. The van der Waals surface area contributed by atoms with Gasteiger partial charge in [0.1, 0.15) is 14.6 Å². The molecule has 0 amide bonds. The predicted octanol–water partition coefficient (Wildman–Crippen LogP) is 0.316. The topological polar surface area (TPSA) is 17.1 Å². The van der Waals surface area contributed by atoms with E-state index in [-0.39, 0.29) is 5.78 Å². The van der Waals surface area contributed by atoms with Crippen molar-refractivity contribution in [3.63, 3.8) is 0 Å². The van der Waals surface area contributed by atoms with E-state index in [0.717, 1.165) is 0 Å². The lowest BCUT2D eigenvalue weighted by atomic mass is 10.5. The molecule has 36 valence electrons. The Kier molecular flexibility index (Phi) is 3.47. The maximum atomic E-state index is 9.99. The Morgan fingerprint density at radius 2 is 2.50 bits per heavy atom. The predicted molar refractivity (Wildman–Crippen MR) is 29.9 cm³/mol. The highest BCUT2D eigenvalue weighted by molar-refractivity contribution is 6.95. The van der Waals surface area contributed by atoms with Gasteiger partial charge in [0.25, 0.3) is 0 Å². The fourth-order valence-corrected chi connectivity index (χ4v) is 1.20. The van der Waals surface area contributed by atoms with E-state index in [1.54, 1.807) is 6.92 Å². The summed E-state index contributed by atoms with van der Waals surface area (Å²) >= 11 is 5.31. The van der Waals surface area contributed by atoms with E-state index in [1.807, 2.05) is 0 Å². The second-order valence-corrected chi connectivity index (χ2v) is 3.15. The van der Waals surface area contributed by atoms with Crippen LogP contribution in [0.1, 0.15) is 6.92 Å². The molecule has 0 saturated heterocycles. The van der Waals surface area contributed by atoms with Crippen molar-refractivity contribution in [2.75, 3.05) is 0 Å². The number of carbonyl (C=O) groups is 1. The molecule has 0 rings (SSSR count). The van der Waals surface area contributed by atoms with Gasteiger partial charge in [-0.1, -0.05) is 0 Å². The number of hydrogen-bond donors (Lipinski definition) is 0. The normalized spacial score (nSPS) is 10.3. The van der Waals surface area contributed by atoms with Crippen LogP contribution in [0.2, 0.25) is 6.04 Å². The summed E-state index contributed by atoms with van der Waals surface area (Å²) in [5, 5.41) is 0. The van der Waals surface area contributed by atoms with E-state index in [1.165, 1.54) is 0 Å². The van der Waals surface area contributed by atoms with Crippen molar-refractivity contribution >= 4 is 25.7 Å². The van der Waals surface area contributed by atoms with Crippen LogP contribution >= 0.6 is 11.1 Å². The van der Waals surface area contributed by atoms with Gasteiger partial charge < -0.3 is 4.79 Å². The lowest BCUT2D eigenvalue weighted by molar-refractivity contribution is -0.114. The van der Waals surface area contributed by atoms with Crippen LogP contribution in [0, 0.1) is 0 Å². The molecule has 0 radical (unpaired) electrons. The lowest BCUT2D eigenvalue weighted by Crippen LogP contribution is -1.89. The zero-order valence-electron chi connectivity index (χ0n) is 3.70. The van der Waals surface area contributed by atoms with Gasteiger partial charge in [-0.2, -0.15) is 11.1 Å². The second kappa shape index (κ2) is 3.37. The minimum atomic E-state index is -0.511. The molecule has 0 saturated carbocycles. The number of rotatable bonds is 2. The first kappa shape index (κ1) is 6.18. The lowest BCUT2D eigenvalue weighted by Gasteiger charge is -1.77. The molecule has 0 aromatic carbocycles. The molecular formula is C3H7ClOSi. The Hall–Kier alpha value is 0.177. The molecule has 0 unspecified atom stereocenters. The SMILES string of the molecule is CC(=O)C[SiH2]Cl. The summed E-state index contributed by atoms with van der Waals surface area (Å²) in [6.45, 7) is 1.56.